The van der Waals surface area contributed by atoms with E-state index in [0.29, 0.717) is 12.0 Å². The van der Waals surface area contributed by atoms with Crippen molar-refractivity contribution in [1.29, 1.82) is 0 Å². The Balaban J connectivity index is 3.07. The molecular weight excluding hydrogens is 518 g/mol. The Kier molecular flexibility index (Phi) is 12.2. The molecule has 6 nitrogen and oxygen atoms in total. The number of carboxylic acid groups (broad SMARTS) is 1. The zero-order valence-electron chi connectivity index (χ0n) is 24.3. The summed E-state index contributed by atoms with van der Waals surface area (Å²) < 4.78 is 66.8. The van der Waals surface area contributed by atoms with Crippen molar-refractivity contribution in [2.45, 2.75) is 122 Å². The van der Waals surface area contributed by atoms with Gasteiger partial charge in [0.05, 0.1) is 24.3 Å². The number of hydrogen-bond acceptors (Lipinski definition) is 4. The summed E-state index contributed by atoms with van der Waals surface area (Å²) in [4.78, 5) is 11.6. The van der Waals surface area contributed by atoms with Crippen molar-refractivity contribution in [2.24, 2.45) is 0 Å². The van der Waals surface area contributed by atoms with Gasteiger partial charge in [-0.1, -0.05) is 80.2 Å². The highest BCUT2D eigenvalue weighted by Gasteiger charge is 2.48. The van der Waals surface area contributed by atoms with Crippen molar-refractivity contribution in [3.05, 3.63) is 29.3 Å². The fourth-order valence-electron chi connectivity index (χ4n) is 4.44. The Morgan fingerprint density at radius 3 is 2.05 bits per heavy atom. The van der Waals surface area contributed by atoms with E-state index < -0.39 is 41.1 Å². The number of nitrogens with one attached hydrogen (secondary N) is 1. The minimum absolute atomic E-state index is 0.141. The molecule has 2 N–H and O–H groups in total. The van der Waals surface area contributed by atoms with Crippen LogP contribution in [-0.2, 0) is 21.7 Å². The molecule has 0 aliphatic heterocycles. The highest BCUT2D eigenvalue weighted by Crippen LogP contribution is 2.67. The van der Waals surface area contributed by atoms with Crippen LogP contribution in [0.15, 0.2) is 18.2 Å². The molecule has 0 aliphatic rings. The molecule has 0 aromatic heterocycles. The summed E-state index contributed by atoms with van der Waals surface area (Å²) in [5.41, 5.74) is -1.64. The predicted octanol–water partition coefficient (Wildman–Crippen LogP) is 8.91. The maximum atomic E-state index is 13.9. The van der Waals surface area contributed by atoms with Gasteiger partial charge in [0.15, 0.2) is 0 Å². The third kappa shape index (κ3) is 10.1. The largest absolute Gasteiger partial charge is 0.493 e. The van der Waals surface area contributed by atoms with Gasteiger partial charge in [-0.15, -0.1) is 0 Å². The Morgan fingerprint density at radius 2 is 1.55 bits per heavy atom. The molecule has 0 spiro atoms. The lowest BCUT2D eigenvalue weighted by molar-refractivity contribution is -0.139. The number of hydrogen-bond donors (Lipinski definition) is 2. The normalized spacial score (nSPS) is 14.7. The van der Waals surface area contributed by atoms with Crippen LogP contribution in [0, 0.1) is 0 Å². The highest BCUT2D eigenvalue weighted by atomic mass is 31.2. The Hall–Kier alpha value is -1.73. The summed E-state index contributed by atoms with van der Waals surface area (Å²) in [5.74, 6) is -0.206. The Labute approximate surface area is 226 Å². The van der Waals surface area contributed by atoms with E-state index in [0.717, 1.165) is 31.7 Å². The van der Waals surface area contributed by atoms with E-state index in [9.17, 15) is 27.6 Å². The summed E-state index contributed by atoms with van der Waals surface area (Å²) in [7, 11) is -3.28. The number of aryl methyl sites for hydroxylation is 1. The van der Waals surface area contributed by atoms with Crippen LogP contribution in [-0.4, -0.2) is 40.3 Å². The number of halogens is 3. The number of amides is 1. The maximum absolute atomic E-state index is 13.9. The molecule has 0 bridgehead atoms. The summed E-state index contributed by atoms with van der Waals surface area (Å²) in [6.45, 7) is 14.6. The summed E-state index contributed by atoms with van der Waals surface area (Å²) >= 11 is 0. The van der Waals surface area contributed by atoms with Gasteiger partial charge in [0.2, 0.25) is 7.37 Å². The number of ether oxygens (including phenoxy) is 1. The van der Waals surface area contributed by atoms with Crippen LogP contribution < -0.4 is 10.1 Å². The van der Waals surface area contributed by atoms with Gasteiger partial charge in [-0.05, 0) is 43.9 Å². The molecule has 0 heterocycles. The smallest absolute Gasteiger partial charge is 0.419 e. The van der Waals surface area contributed by atoms with Crippen LogP contribution >= 0.6 is 7.37 Å². The van der Waals surface area contributed by atoms with E-state index in [1.807, 2.05) is 41.5 Å². The number of alkyl halides is 3. The Bertz CT molecular complexity index is 935. The van der Waals surface area contributed by atoms with Crippen molar-refractivity contribution >= 4 is 13.5 Å². The van der Waals surface area contributed by atoms with Gasteiger partial charge in [0, 0.05) is 10.3 Å². The fourth-order valence-corrected chi connectivity index (χ4v) is 7.70. The topological polar surface area (TPSA) is 84.9 Å². The molecule has 10 heteroatoms. The minimum Gasteiger partial charge on any atom is -0.493 e. The number of carbonyl (C=O) groups is 1. The van der Waals surface area contributed by atoms with Crippen molar-refractivity contribution in [1.82, 2.24) is 5.32 Å². The quantitative estimate of drug-likeness (QED) is 0.174. The first kappa shape index (κ1) is 34.3. The third-order valence-corrected chi connectivity index (χ3v) is 10.6. The zero-order chi connectivity index (χ0) is 29.4. The van der Waals surface area contributed by atoms with E-state index in [1.54, 1.807) is 13.0 Å². The monoisotopic (exact) mass is 565 g/mol. The average molecular weight is 566 g/mol. The molecule has 0 saturated heterocycles. The van der Waals surface area contributed by atoms with Crippen LogP contribution in [0.2, 0.25) is 0 Å². The third-order valence-electron chi connectivity index (χ3n) is 6.56. The lowest BCUT2D eigenvalue weighted by atomic mass is 9.93. The van der Waals surface area contributed by atoms with Gasteiger partial charge in [-0.25, -0.2) is 4.79 Å². The molecule has 0 saturated carbocycles. The second-order valence-electron chi connectivity index (χ2n) is 12.2. The zero-order valence-corrected chi connectivity index (χ0v) is 25.2. The van der Waals surface area contributed by atoms with E-state index in [2.05, 4.69) is 12.2 Å². The van der Waals surface area contributed by atoms with E-state index in [-0.39, 0.29) is 31.8 Å². The molecule has 220 valence electrons. The van der Waals surface area contributed by atoms with Crippen LogP contribution in [0.3, 0.4) is 0 Å². The standard InChI is InChI=1S/C28H47F3NO5P/c1-9-10-11-12-13-18-36-23-15-14-21(19-22(23)28(29,30)31)16-17-27(8,32-24(33)34)20-37-38(35,25(2,3)4)26(5,6)7/h14-15,19,32H,9-13,16-18,20H2,1-8H3,(H,33,34). The minimum atomic E-state index is -4.59. The molecule has 1 rings (SSSR count). The van der Waals surface area contributed by atoms with Gasteiger partial charge in [0.1, 0.15) is 5.75 Å². The fraction of sp³-hybridized carbons (Fsp3) is 0.750. The van der Waals surface area contributed by atoms with Crippen molar-refractivity contribution < 1.29 is 36.9 Å². The molecule has 38 heavy (non-hydrogen) atoms. The molecular formula is C28H47F3NO5P. The first-order valence-electron chi connectivity index (χ1n) is 13.3. The number of unbranched alkanes of at least 4 members (excludes halogenated alkanes) is 4. The second kappa shape index (κ2) is 13.6. The van der Waals surface area contributed by atoms with Gasteiger partial charge in [-0.2, -0.15) is 13.2 Å². The molecule has 0 radical (unpaired) electrons. The average Bonchev–Trinajstić information content (AvgIpc) is 2.76. The Morgan fingerprint density at radius 1 is 0.974 bits per heavy atom. The van der Waals surface area contributed by atoms with Gasteiger partial charge in [-0.3, -0.25) is 4.57 Å². The van der Waals surface area contributed by atoms with Crippen LogP contribution in [0.5, 0.6) is 5.75 Å². The van der Waals surface area contributed by atoms with Crippen molar-refractivity contribution in [3.8, 4) is 5.75 Å². The van der Waals surface area contributed by atoms with E-state index in [4.69, 9.17) is 9.26 Å². The van der Waals surface area contributed by atoms with Crippen molar-refractivity contribution in [3.63, 3.8) is 0 Å². The highest BCUT2D eigenvalue weighted by molar-refractivity contribution is 7.62. The van der Waals surface area contributed by atoms with Gasteiger partial charge >= 0.3 is 12.3 Å². The SMILES string of the molecule is CCCCCCCOc1ccc(CCC(C)(COP(=O)(C(C)(C)C)C(C)(C)C)NC(=O)O)cc1C(F)(F)F. The van der Waals surface area contributed by atoms with Gasteiger partial charge < -0.3 is 19.7 Å². The van der Waals surface area contributed by atoms with Crippen molar-refractivity contribution in [2.75, 3.05) is 13.2 Å². The first-order chi connectivity index (χ1) is 17.3. The summed E-state index contributed by atoms with van der Waals surface area (Å²) in [6.07, 6.45) is -0.806. The molecule has 1 aromatic rings. The molecule has 0 fully saturated rings. The molecule has 1 atom stereocenters. The summed E-state index contributed by atoms with van der Waals surface area (Å²) in [5, 5.41) is 10.5. The van der Waals surface area contributed by atoms with Crippen LogP contribution in [0.4, 0.5) is 18.0 Å². The molecule has 0 aliphatic carbocycles. The predicted molar refractivity (Wildman–Crippen MR) is 147 cm³/mol. The van der Waals surface area contributed by atoms with E-state index >= 15 is 0 Å². The van der Waals surface area contributed by atoms with Gasteiger partial charge in [0.25, 0.3) is 0 Å². The van der Waals surface area contributed by atoms with E-state index in [1.165, 1.54) is 6.07 Å². The molecule has 1 aromatic carbocycles. The number of benzene rings is 1. The maximum Gasteiger partial charge on any atom is 0.419 e. The van der Waals surface area contributed by atoms with Crippen LogP contribution in [0.1, 0.15) is 105 Å². The molecule has 1 unspecified atom stereocenters. The summed E-state index contributed by atoms with van der Waals surface area (Å²) in [6, 6.07) is 3.96. The lowest BCUT2D eigenvalue weighted by Gasteiger charge is -2.42. The first-order valence-corrected chi connectivity index (χ1v) is 15.0. The lowest BCUT2D eigenvalue weighted by Crippen LogP contribution is -2.50. The number of rotatable bonds is 14. The molecule has 1 amide bonds. The van der Waals surface area contributed by atoms with Crippen LogP contribution in [0.25, 0.3) is 0 Å². The second-order valence-corrected chi connectivity index (χ2v) is 16.3.